The molecule has 2 aromatic rings. The first-order valence-electron chi connectivity index (χ1n) is 8.96. The van der Waals surface area contributed by atoms with Gasteiger partial charge in [0.2, 0.25) is 11.8 Å². The van der Waals surface area contributed by atoms with E-state index in [0.29, 0.717) is 16.5 Å². The number of halogens is 1. The predicted octanol–water partition coefficient (Wildman–Crippen LogP) is 2.47. The fraction of sp³-hybridized carbons (Fsp3) is 0.200. The predicted molar refractivity (Wildman–Crippen MR) is 118 cm³/mol. The summed E-state index contributed by atoms with van der Waals surface area (Å²) in [4.78, 5) is 35.6. The summed E-state index contributed by atoms with van der Waals surface area (Å²) < 4.78 is 5.36. The van der Waals surface area contributed by atoms with Gasteiger partial charge in [0, 0.05) is 12.8 Å². The van der Waals surface area contributed by atoms with Crippen LogP contribution in [-0.4, -0.2) is 29.4 Å². The van der Waals surface area contributed by atoms with E-state index in [4.69, 9.17) is 28.6 Å². The van der Waals surface area contributed by atoms with Gasteiger partial charge in [0.05, 0.1) is 10.7 Å². The van der Waals surface area contributed by atoms with E-state index in [-0.39, 0.29) is 30.5 Å². The molecule has 0 aliphatic heterocycles. The summed E-state index contributed by atoms with van der Waals surface area (Å²) >= 11 is 10.9. The number of hydrogen-bond donors (Lipinski definition) is 4. The van der Waals surface area contributed by atoms with E-state index in [0.717, 1.165) is 5.56 Å². The van der Waals surface area contributed by atoms with Crippen molar-refractivity contribution in [3.05, 3.63) is 59.1 Å². The Kier molecular flexibility index (Phi) is 9.04. The minimum atomic E-state index is -0.484. The maximum atomic E-state index is 11.9. The topological polar surface area (TPSA) is 109 Å². The largest absolute Gasteiger partial charge is 0.484 e. The highest BCUT2D eigenvalue weighted by Crippen LogP contribution is 2.20. The number of carbonyl (C=O) groups excluding carboxylic acids is 3. The second-order valence-corrected chi connectivity index (χ2v) is 7.00. The summed E-state index contributed by atoms with van der Waals surface area (Å²) in [5.41, 5.74) is 6.18. The van der Waals surface area contributed by atoms with Gasteiger partial charge in [-0.05, 0) is 49.0 Å². The zero-order valence-electron chi connectivity index (χ0n) is 16.2. The Morgan fingerprint density at radius 3 is 2.43 bits per heavy atom. The average molecular weight is 449 g/mol. The molecular weight excluding hydrogens is 428 g/mol. The highest BCUT2D eigenvalue weighted by Gasteiger charge is 2.10. The summed E-state index contributed by atoms with van der Waals surface area (Å²) in [7, 11) is 0. The molecule has 0 unspecified atom stereocenters. The quantitative estimate of drug-likeness (QED) is 0.383. The maximum Gasteiger partial charge on any atom is 0.264 e. The lowest BCUT2D eigenvalue weighted by atomic mass is 10.2. The molecule has 0 heterocycles. The molecule has 2 rings (SSSR count). The highest BCUT2D eigenvalue weighted by molar-refractivity contribution is 7.80. The third-order valence-corrected chi connectivity index (χ3v) is 4.19. The zero-order valence-corrected chi connectivity index (χ0v) is 17.7. The summed E-state index contributed by atoms with van der Waals surface area (Å²) in [6.45, 7) is 1.68. The molecular formula is C20H21ClN4O4S. The fourth-order valence-corrected chi connectivity index (χ4v) is 2.59. The Labute approximate surface area is 184 Å². The number of hydrazine groups is 1. The molecule has 0 fully saturated rings. The number of ether oxygens (including phenoxy) is 1. The monoisotopic (exact) mass is 448 g/mol. The number of rotatable bonds is 7. The highest BCUT2D eigenvalue weighted by atomic mass is 35.5. The van der Waals surface area contributed by atoms with Crippen molar-refractivity contribution in [1.29, 1.82) is 0 Å². The molecule has 8 nitrogen and oxygen atoms in total. The number of carbonyl (C=O) groups is 3. The Balaban J connectivity index is 1.62. The van der Waals surface area contributed by atoms with Crippen LogP contribution in [-0.2, 0) is 14.4 Å². The summed E-state index contributed by atoms with van der Waals surface area (Å²) in [5.74, 6) is -0.755. The Morgan fingerprint density at radius 2 is 1.70 bits per heavy atom. The summed E-state index contributed by atoms with van der Waals surface area (Å²) in [5, 5.41) is 5.30. The Bertz CT molecular complexity index is 939. The van der Waals surface area contributed by atoms with Gasteiger partial charge in [0.15, 0.2) is 11.7 Å². The standard InChI is InChI=1S/C20H21ClN4O4S/c1-13-5-4-6-14(11-13)29-12-19(28)23-20(30)25-24-18(27)10-9-17(26)22-16-8-3-2-7-15(16)21/h2-8,11H,9-10,12H2,1H3,(H,22,26)(H,24,27)(H2,23,25,28,30). The second-order valence-electron chi connectivity index (χ2n) is 6.18. The van der Waals surface area contributed by atoms with Crippen LogP contribution in [0.15, 0.2) is 48.5 Å². The van der Waals surface area contributed by atoms with Crippen LogP contribution in [0.5, 0.6) is 5.75 Å². The lowest BCUT2D eigenvalue weighted by Gasteiger charge is -2.11. The van der Waals surface area contributed by atoms with Gasteiger partial charge in [-0.15, -0.1) is 0 Å². The average Bonchev–Trinajstić information content (AvgIpc) is 2.71. The van der Waals surface area contributed by atoms with E-state index in [9.17, 15) is 14.4 Å². The number of anilines is 1. The van der Waals surface area contributed by atoms with Gasteiger partial charge in [0.25, 0.3) is 5.91 Å². The zero-order chi connectivity index (χ0) is 21.9. The van der Waals surface area contributed by atoms with Gasteiger partial charge in [-0.25, -0.2) is 0 Å². The normalized spacial score (nSPS) is 9.93. The van der Waals surface area contributed by atoms with Crippen LogP contribution in [0, 0.1) is 6.92 Å². The first-order valence-corrected chi connectivity index (χ1v) is 9.74. The van der Waals surface area contributed by atoms with E-state index in [2.05, 4.69) is 21.5 Å². The van der Waals surface area contributed by atoms with E-state index < -0.39 is 11.8 Å². The molecule has 0 spiro atoms. The van der Waals surface area contributed by atoms with Gasteiger partial charge < -0.3 is 10.1 Å². The van der Waals surface area contributed by atoms with E-state index in [1.165, 1.54) is 0 Å². The molecule has 10 heteroatoms. The third-order valence-electron chi connectivity index (χ3n) is 3.65. The fourth-order valence-electron chi connectivity index (χ4n) is 2.24. The van der Waals surface area contributed by atoms with Crippen LogP contribution in [0.4, 0.5) is 5.69 Å². The lowest BCUT2D eigenvalue weighted by molar-refractivity contribution is -0.125. The number of hydrogen-bond acceptors (Lipinski definition) is 5. The van der Waals surface area contributed by atoms with Gasteiger partial charge in [0.1, 0.15) is 5.75 Å². The number of nitrogens with one attached hydrogen (secondary N) is 4. The van der Waals surface area contributed by atoms with Crippen LogP contribution in [0.2, 0.25) is 5.02 Å². The van der Waals surface area contributed by atoms with Crippen LogP contribution in [0.3, 0.4) is 0 Å². The van der Waals surface area contributed by atoms with E-state index in [1.54, 1.807) is 36.4 Å². The Morgan fingerprint density at radius 1 is 0.967 bits per heavy atom. The molecule has 0 bridgehead atoms. The number of thiocarbonyl (C=S) groups is 1. The number of aryl methyl sites for hydroxylation is 1. The molecule has 3 amide bonds. The van der Waals surface area contributed by atoms with Crippen molar-refractivity contribution >= 4 is 52.3 Å². The van der Waals surface area contributed by atoms with Gasteiger partial charge in [-0.1, -0.05) is 35.9 Å². The van der Waals surface area contributed by atoms with Crippen molar-refractivity contribution < 1.29 is 19.1 Å². The third kappa shape index (κ3) is 8.46. The molecule has 4 N–H and O–H groups in total. The lowest BCUT2D eigenvalue weighted by Crippen LogP contribution is -2.49. The van der Waals surface area contributed by atoms with Crippen molar-refractivity contribution in [2.45, 2.75) is 19.8 Å². The molecule has 0 radical (unpaired) electrons. The molecule has 0 aliphatic carbocycles. The second kappa shape index (κ2) is 11.7. The molecule has 2 aromatic carbocycles. The van der Waals surface area contributed by atoms with E-state index in [1.807, 2.05) is 19.1 Å². The molecule has 0 aromatic heterocycles. The van der Waals surface area contributed by atoms with Gasteiger partial charge in [-0.2, -0.15) is 0 Å². The number of benzene rings is 2. The smallest absolute Gasteiger partial charge is 0.264 e. The molecule has 0 aliphatic rings. The van der Waals surface area contributed by atoms with E-state index >= 15 is 0 Å². The molecule has 0 atom stereocenters. The molecule has 158 valence electrons. The van der Waals surface area contributed by atoms with Crippen molar-refractivity contribution in [1.82, 2.24) is 16.2 Å². The van der Waals surface area contributed by atoms with Crippen LogP contribution < -0.4 is 26.2 Å². The number of amides is 3. The van der Waals surface area contributed by atoms with Crippen LogP contribution in [0.1, 0.15) is 18.4 Å². The minimum absolute atomic E-state index is 0.0534. The van der Waals surface area contributed by atoms with Gasteiger partial charge >= 0.3 is 0 Å². The van der Waals surface area contributed by atoms with Crippen LogP contribution >= 0.6 is 23.8 Å². The van der Waals surface area contributed by atoms with Crippen molar-refractivity contribution in [2.24, 2.45) is 0 Å². The first-order chi connectivity index (χ1) is 14.3. The van der Waals surface area contributed by atoms with Crippen molar-refractivity contribution in [3.63, 3.8) is 0 Å². The van der Waals surface area contributed by atoms with Crippen LogP contribution in [0.25, 0.3) is 0 Å². The number of para-hydroxylation sites is 1. The SMILES string of the molecule is Cc1cccc(OCC(=O)NC(=S)NNC(=O)CCC(=O)Nc2ccccc2Cl)c1. The van der Waals surface area contributed by atoms with Crippen molar-refractivity contribution in [2.75, 3.05) is 11.9 Å². The molecule has 0 saturated heterocycles. The maximum absolute atomic E-state index is 11.9. The van der Waals surface area contributed by atoms with Crippen molar-refractivity contribution in [3.8, 4) is 5.75 Å². The minimum Gasteiger partial charge on any atom is -0.484 e. The van der Waals surface area contributed by atoms with Gasteiger partial charge in [-0.3, -0.25) is 30.6 Å². The molecule has 0 saturated carbocycles. The molecule has 30 heavy (non-hydrogen) atoms. The Hall–Kier alpha value is -3.17. The first kappa shape index (κ1) is 23.1. The summed E-state index contributed by atoms with van der Waals surface area (Å²) in [6, 6.07) is 14.0. The summed E-state index contributed by atoms with van der Waals surface area (Å²) in [6.07, 6.45) is -0.140.